The molecule has 1 nitrogen and oxygen atoms in total. The summed E-state index contributed by atoms with van der Waals surface area (Å²) in [6, 6.07) is 29.5. The molecule has 0 radical (unpaired) electrons. The van der Waals surface area contributed by atoms with Crippen LogP contribution in [-0.2, 0) is 0 Å². The van der Waals surface area contributed by atoms with Crippen molar-refractivity contribution in [3.63, 3.8) is 0 Å². The van der Waals surface area contributed by atoms with Gasteiger partial charge in [0.25, 0.3) is 0 Å². The summed E-state index contributed by atoms with van der Waals surface area (Å²) in [5.74, 6) is 0. The van der Waals surface area contributed by atoms with E-state index in [1.807, 2.05) is 36.4 Å². The van der Waals surface area contributed by atoms with Gasteiger partial charge in [0.05, 0.1) is 0 Å². The van der Waals surface area contributed by atoms with Crippen LogP contribution in [-0.4, -0.2) is 6.71 Å². The number of benzene rings is 3. The van der Waals surface area contributed by atoms with Gasteiger partial charge in [0.2, 0.25) is 0 Å². The van der Waals surface area contributed by atoms with E-state index in [0.717, 1.165) is 17.8 Å². The summed E-state index contributed by atoms with van der Waals surface area (Å²) in [6.45, 7) is 14.5. The molecule has 0 spiro atoms. The lowest BCUT2D eigenvalue weighted by molar-refractivity contribution is 0.628. The maximum atomic E-state index is 5.72. The molecule has 0 atom stereocenters. The van der Waals surface area contributed by atoms with Gasteiger partial charge in [-0.05, 0) is 42.2 Å². The summed E-state index contributed by atoms with van der Waals surface area (Å²) in [5, 5.41) is 0.921. The van der Waals surface area contributed by atoms with E-state index in [4.69, 9.17) is 5.73 Å². The summed E-state index contributed by atoms with van der Waals surface area (Å²) in [6.07, 6.45) is 3.77. The molecule has 4 rings (SSSR count). The summed E-state index contributed by atoms with van der Waals surface area (Å²) >= 11 is 0. The fourth-order valence-corrected chi connectivity index (χ4v) is 4.66. The van der Waals surface area contributed by atoms with Crippen molar-refractivity contribution < 1.29 is 0 Å². The van der Waals surface area contributed by atoms with Gasteiger partial charge in [0, 0.05) is 6.20 Å². The lowest BCUT2D eigenvalue weighted by Gasteiger charge is -2.06. The highest BCUT2D eigenvalue weighted by atomic mass is 14.5. The normalized spacial score (nSPS) is 16.8. The number of nitrogens with two attached hydrogens (primary N) is 1. The van der Waals surface area contributed by atoms with Gasteiger partial charge in [-0.15, -0.1) is 0 Å². The number of hydrogen-bond donors (Lipinski definition) is 1. The first-order valence-corrected chi connectivity index (χ1v) is 11.5. The van der Waals surface area contributed by atoms with E-state index in [9.17, 15) is 0 Å². The van der Waals surface area contributed by atoms with Gasteiger partial charge in [-0.2, -0.15) is 0 Å². The van der Waals surface area contributed by atoms with E-state index in [1.165, 1.54) is 22.2 Å². The Bertz CT molecular complexity index is 1060. The van der Waals surface area contributed by atoms with Gasteiger partial charge in [-0.3, -0.25) is 0 Å². The Morgan fingerprint density at radius 2 is 1.19 bits per heavy atom. The standard InChI is InChI=1S/C17H17N.C13H19B/c1-14(15-8-4-2-5-9-15)12-17(13-18)16-10-6-3-7-11-16;1-10-6-8-11(9-7-10)14-12(2,3)13(14,4)5/h2-13H,18H2,1H3;6-9H,1-5H3/b14-12+,17-13+;. The molecule has 0 unspecified atom stereocenters. The van der Waals surface area contributed by atoms with Crippen LogP contribution in [0.4, 0.5) is 0 Å². The first-order chi connectivity index (χ1) is 15.2. The average Bonchev–Trinajstić information content (AvgIpc) is 3.22. The molecule has 0 saturated carbocycles. The van der Waals surface area contributed by atoms with Crippen molar-refractivity contribution in [1.29, 1.82) is 0 Å². The minimum Gasteiger partial charge on any atom is -0.404 e. The van der Waals surface area contributed by atoms with E-state index in [-0.39, 0.29) is 0 Å². The Kier molecular flexibility index (Phi) is 7.14. The zero-order chi connectivity index (χ0) is 23.4. The van der Waals surface area contributed by atoms with Gasteiger partial charge in [0.1, 0.15) is 0 Å². The van der Waals surface area contributed by atoms with Crippen LogP contribution >= 0.6 is 0 Å². The smallest absolute Gasteiger partial charge is 0.187 e. The summed E-state index contributed by atoms with van der Waals surface area (Å²) in [5.41, 5.74) is 13.2. The third-order valence-electron chi connectivity index (χ3n) is 7.32. The number of rotatable bonds is 4. The summed E-state index contributed by atoms with van der Waals surface area (Å²) in [4.78, 5) is 0. The van der Waals surface area contributed by atoms with E-state index in [1.54, 1.807) is 6.20 Å². The lowest BCUT2D eigenvalue weighted by atomic mass is 9.53. The molecule has 0 amide bonds. The molecule has 1 heterocycles. The maximum Gasteiger partial charge on any atom is 0.187 e. The molecule has 3 aromatic carbocycles. The molecule has 2 N–H and O–H groups in total. The van der Waals surface area contributed by atoms with Crippen molar-refractivity contribution in [1.82, 2.24) is 0 Å². The molecule has 164 valence electrons. The Labute approximate surface area is 195 Å². The maximum absolute atomic E-state index is 5.72. The van der Waals surface area contributed by atoms with Crippen LogP contribution < -0.4 is 11.2 Å². The van der Waals surface area contributed by atoms with Crippen molar-refractivity contribution in [2.75, 3.05) is 0 Å². The molecule has 32 heavy (non-hydrogen) atoms. The van der Waals surface area contributed by atoms with Gasteiger partial charge >= 0.3 is 0 Å². The first kappa shape index (κ1) is 23.7. The van der Waals surface area contributed by atoms with E-state index in [2.05, 4.69) is 96.1 Å². The van der Waals surface area contributed by atoms with Gasteiger partial charge in [-0.1, -0.05) is 134 Å². The second kappa shape index (κ2) is 9.65. The molecule has 0 aliphatic carbocycles. The van der Waals surface area contributed by atoms with Gasteiger partial charge in [-0.25, -0.2) is 0 Å². The molecule has 1 aliphatic heterocycles. The Morgan fingerprint density at radius 3 is 1.62 bits per heavy atom. The molecule has 1 aliphatic rings. The van der Waals surface area contributed by atoms with Crippen molar-refractivity contribution in [2.45, 2.75) is 52.2 Å². The highest BCUT2D eigenvalue weighted by Gasteiger charge is 2.67. The summed E-state index contributed by atoms with van der Waals surface area (Å²) < 4.78 is 0. The second-order valence-electron chi connectivity index (χ2n) is 9.97. The summed E-state index contributed by atoms with van der Waals surface area (Å²) in [7, 11) is 0. The Morgan fingerprint density at radius 1 is 0.719 bits per heavy atom. The topological polar surface area (TPSA) is 26.0 Å². The van der Waals surface area contributed by atoms with Crippen molar-refractivity contribution in [3.05, 3.63) is 114 Å². The molecule has 0 bridgehead atoms. The Balaban J connectivity index is 0.000000186. The molecular weight excluding hydrogens is 385 g/mol. The van der Waals surface area contributed by atoms with Crippen LogP contribution in [0.2, 0.25) is 10.6 Å². The monoisotopic (exact) mass is 421 g/mol. The van der Waals surface area contributed by atoms with Crippen LogP contribution in [0, 0.1) is 6.92 Å². The zero-order valence-electron chi connectivity index (χ0n) is 20.4. The SMILES string of the molecule is C/C(=C\C(=C/N)c1ccccc1)c1ccccc1.Cc1ccc(B2C(C)(C)C2(C)C)cc1. The number of aryl methyl sites for hydroxylation is 1. The van der Waals surface area contributed by atoms with E-state index in [0.29, 0.717) is 10.6 Å². The molecular formula is C30H36BN. The van der Waals surface area contributed by atoms with Crippen molar-refractivity contribution in [2.24, 2.45) is 5.73 Å². The molecule has 3 aromatic rings. The highest BCUT2D eigenvalue weighted by molar-refractivity contribution is 6.89. The quantitative estimate of drug-likeness (QED) is 0.346. The van der Waals surface area contributed by atoms with E-state index >= 15 is 0 Å². The lowest BCUT2D eigenvalue weighted by Crippen LogP contribution is -2.19. The zero-order valence-corrected chi connectivity index (χ0v) is 20.4. The van der Waals surface area contributed by atoms with Gasteiger partial charge in [0.15, 0.2) is 6.71 Å². The minimum atomic E-state index is 0.461. The van der Waals surface area contributed by atoms with Crippen LogP contribution in [0.3, 0.4) is 0 Å². The molecule has 1 fully saturated rings. The van der Waals surface area contributed by atoms with Crippen LogP contribution in [0.15, 0.2) is 97.2 Å². The molecule has 0 aromatic heterocycles. The predicted octanol–water partition coefficient (Wildman–Crippen LogP) is 7.36. The number of allylic oxidation sites excluding steroid dienone is 3. The van der Waals surface area contributed by atoms with E-state index < -0.39 is 0 Å². The number of hydrogen-bond acceptors (Lipinski definition) is 1. The average molecular weight is 421 g/mol. The first-order valence-electron chi connectivity index (χ1n) is 11.5. The van der Waals surface area contributed by atoms with Gasteiger partial charge < -0.3 is 5.73 Å². The predicted molar refractivity (Wildman–Crippen MR) is 143 cm³/mol. The molecule has 2 heteroatoms. The third kappa shape index (κ3) is 5.07. The Hall–Kier alpha value is -3.00. The van der Waals surface area contributed by atoms with Crippen LogP contribution in [0.5, 0.6) is 0 Å². The third-order valence-corrected chi connectivity index (χ3v) is 7.32. The highest BCUT2D eigenvalue weighted by Crippen LogP contribution is 2.73. The van der Waals surface area contributed by atoms with Crippen molar-refractivity contribution >= 4 is 23.3 Å². The molecule has 1 saturated heterocycles. The second-order valence-corrected chi connectivity index (χ2v) is 9.97. The fraction of sp³-hybridized carbons (Fsp3) is 0.267. The largest absolute Gasteiger partial charge is 0.404 e. The van der Waals surface area contributed by atoms with Crippen molar-refractivity contribution in [3.8, 4) is 0 Å². The van der Waals surface area contributed by atoms with Crippen LogP contribution in [0.1, 0.15) is 51.3 Å². The minimum absolute atomic E-state index is 0.461. The van der Waals surface area contributed by atoms with Crippen LogP contribution in [0.25, 0.3) is 11.1 Å². The fourth-order valence-electron chi connectivity index (χ4n) is 4.66.